The van der Waals surface area contributed by atoms with Crippen molar-refractivity contribution in [2.24, 2.45) is 0 Å². The van der Waals surface area contributed by atoms with Crippen molar-refractivity contribution >= 4 is 28.9 Å². The van der Waals surface area contributed by atoms with Gasteiger partial charge in [0.1, 0.15) is 5.02 Å². The number of carbonyl (C=O) groups is 1. The molecule has 4 nitrogen and oxygen atoms in total. The van der Waals surface area contributed by atoms with Crippen molar-refractivity contribution in [2.45, 2.75) is 6.42 Å². The van der Waals surface area contributed by atoms with Crippen LogP contribution in [0, 0.1) is 0 Å². The molecule has 2 heterocycles. The first-order valence-corrected chi connectivity index (χ1v) is 6.47. The van der Waals surface area contributed by atoms with Gasteiger partial charge in [0.2, 0.25) is 5.88 Å². The van der Waals surface area contributed by atoms with E-state index in [1.165, 1.54) is 17.1 Å². The number of rotatable bonds is 5. The summed E-state index contributed by atoms with van der Waals surface area (Å²) in [6, 6.07) is 5.32. The normalized spacial score (nSPS) is 10.3. The molecule has 0 saturated heterocycles. The van der Waals surface area contributed by atoms with Crippen molar-refractivity contribution in [3.05, 3.63) is 45.2 Å². The number of halogens is 1. The zero-order valence-electron chi connectivity index (χ0n) is 9.30. The van der Waals surface area contributed by atoms with Crippen LogP contribution in [0.15, 0.2) is 29.8 Å². The van der Waals surface area contributed by atoms with Gasteiger partial charge < -0.3 is 9.84 Å². The van der Waals surface area contributed by atoms with Crippen LogP contribution in [-0.4, -0.2) is 22.7 Å². The Hall–Kier alpha value is -1.59. The second-order valence-corrected chi connectivity index (χ2v) is 4.87. The van der Waals surface area contributed by atoms with E-state index in [1.54, 1.807) is 11.3 Å². The van der Waals surface area contributed by atoms with Crippen LogP contribution in [0.1, 0.15) is 15.2 Å². The average molecular weight is 284 g/mol. The molecule has 0 amide bonds. The lowest BCUT2D eigenvalue weighted by Gasteiger charge is -2.07. The molecule has 1 N–H and O–H groups in total. The molecule has 0 unspecified atom stereocenters. The molecule has 0 aromatic carbocycles. The van der Waals surface area contributed by atoms with Crippen molar-refractivity contribution in [2.75, 3.05) is 6.61 Å². The van der Waals surface area contributed by atoms with E-state index in [0.717, 1.165) is 6.42 Å². The molecule has 2 aromatic heterocycles. The van der Waals surface area contributed by atoms with Gasteiger partial charge in [-0.25, -0.2) is 9.78 Å². The van der Waals surface area contributed by atoms with Crippen LogP contribution in [0.5, 0.6) is 5.88 Å². The highest BCUT2D eigenvalue weighted by Gasteiger charge is 2.14. The van der Waals surface area contributed by atoms with Gasteiger partial charge >= 0.3 is 5.97 Å². The third kappa shape index (κ3) is 3.00. The van der Waals surface area contributed by atoms with Crippen LogP contribution >= 0.6 is 22.9 Å². The molecule has 6 heteroatoms. The topological polar surface area (TPSA) is 59.4 Å². The van der Waals surface area contributed by atoms with E-state index < -0.39 is 5.97 Å². The van der Waals surface area contributed by atoms with Gasteiger partial charge in [0, 0.05) is 17.5 Å². The summed E-state index contributed by atoms with van der Waals surface area (Å²) in [6.07, 6.45) is 2.11. The zero-order valence-corrected chi connectivity index (χ0v) is 10.9. The Morgan fingerprint density at radius 3 is 3.00 bits per heavy atom. The van der Waals surface area contributed by atoms with Crippen molar-refractivity contribution in [3.8, 4) is 5.88 Å². The number of ether oxygens (including phenoxy) is 1. The minimum absolute atomic E-state index is 0.00205. The van der Waals surface area contributed by atoms with Crippen molar-refractivity contribution in [1.82, 2.24) is 4.98 Å². The molecule has 0 aliphatic rings. The lowest BCUT2D eigenvalue weighted by molar-refractivity contribution is 0.0696. The smallest absolute Gasteiger partial charge is 0.337 e. The highest BCUT2D eigenvalue weighted by Crippen LogP contribution is 2.25. The number of pyridine rings is 1. The fourth-order valence-electron chi connectivity index (χ4n) is 1.39. The highest BCUT2D eigenvalue weighted by atomic mass is 35.5. The molecule has 0 spiro atoms. The first kappa shape index (κ1) is 12.9. The highest BCUT2D eigenvalue weighted by molar-refractivity contribution is 7.09. The van der Waals surface area contributed by atoms with E-state index in [-0.39, 0.29) is 16.5 Å². The number of thiophene rings is 1. The van der Waals surface area contributed by atoms with Crippen molar-refractivity contribution < 1.29 is 14.6 Å². The molecule has 0 radical (unpaired) electrons. The Balaban J connectivity index is 2.01. The SMILES string of the molecule is O=C(O)c1ccnc(OCCc2cccs2)c1Cl. The Morgan fingerprint density at radius 1 is 1.50 bits per heavy atom. The fourth-order valence-corrected chi connectivity index (χ4v) is 2.33. The number of carboxylic acid groups (broad SMARTS) is 1. The summed E-state index contributed by atoms with van der Waals surface area (Å²) in [5.74, 6) is -0.932. The van der Waals surface area contributed by atoms with E-state index in [0.29, 0.717) is 6.61 Å². The van der Waals surface area contributed by atoms with E-state index in [1.807, 2.05) is 17.5 Å². The third-order valence-corrected chi connectivity index (χ3v) is 3.56. The summed E-state index contributed by atoms with van der Waals surface area (Å²) in [4.78, 5) is 16.0. The Labute approximate surface area is 113 Å². The third-order valence-electron chi connectivity index (χ3n) is 2.25. The van der Waals surface area contributed by atoms with Crippen molar-refractivity contribution in [3.63, 3.8) is 0 Å². The van der Waals surface area contributed by atoms with Gasteiger partial charge in [0.25, 0.3) is 0 Å². The van der Waals surface area contributed by atoms with Gasteiger partial charge in [0.15, 0.2) is 0 Å². The second kappa shape index (κ2) is 5.84. The van der Waals surface area contributed by atoms with Gasteiger partial charge in [-0.3, -0.25) is 0 Å². The summed E-state index contributed by atoms with van der Waals surface area (Å²) in [6.45, 7) is 0.413. The predicted octanol–water partition coefficient (Wildman–Crippen LogP) is 3.12. The standard InChI is InChI=1S/C12H10ClNO3S/c13-10-9(12(15)16)3-5-14-11(10)17-6-4-8-2-1-7-18-8/h1-3,5,7H,4,6H2,(H,15,16). The molecular formula is C12H10ClNO3S. The first-order chi connectivity index (χ1) is 8.68. The molecular weight excluding hydrogens is 274 g/mol. The number of carboxylic acids is 1. The van der Waals surface area contributed by atoms with Crippen LogP contribution in [0.25, 0.3) is 0 Å². The number of aromatic carboxylic acids is 1. The Kier molecular flexibility index (Phi) is 4.17. The summed E-state index contributed by atoms with van der Waals surface area (Å²) in [7, 11) is 0. The number of nitrogens with zero attached hydrogens (tertiary/aromatic N) is 1. The molecule has 0 bridgehead atoms. The lowest BCUT2D eigenvalue weighted by Crippen LogP contribution is -2.05. The average Bonchev–Trinajstić information content (AvgIpc) is 2.84. The largest absolute Gasteiger partial charge is 0.478 e. The Morgan fingerprint density at radius 2 is 2.33 bits per heavy atom. The maximum Gasteiger partial charge on any atom is 0.337 e. The van der Waals surface area contributed by atoms with Gasteiger partial charge in [-0.1, -0.05) is 17.7 Å². The predicted molar refractivity (Wildman–Crippen MR) is 69.7 cm³/mol. The number of aromatic nitrogens is 1. The first-order valence-electron chi connectivity index (χ1n) is 5.21. The van der Waals surface area contributed by atoms with E-state index in [4.69, 9.17) is 21.4 Å². The van der Waals surface area contributed by atoms with Crippen LogP contribution in [0.3, 0.4) is 0 Å². The summed E-state index contributed by atoms with van der Waals surface area (Å²) < 4.78 is 5.40. The molecule has 0 fully saturated rings. The molecule has 2 aromatic rings. The monoisotopic (exact) mass is 283 g/mol. The van der Waals surface area contributed by atoms with Gasteiger partial charge in [0.05, 0.1) is 12.2 Å². The van der Waals surface area contributed by atoms with Gasteiger partial charge in [-0.15, -0.1) is 11.3 Å². The van der Waals surface area contributed by atoms with E-state index >= 15 is 0 Å². The van der Waals surface area contributed by atoms with Crippen molar-refractivity contribution in [1.29, 1.82) is 0 Å². The van der Waals surface area contributed by atoms with E-state index in [9.17, 15) is 4.79 Å². The minimum atomic E-state index is -1.09. The summed E-state index contributed by atoms with van der Waals surface area (Å²) >= 11 is 7.54. The minimum Gasteiger partial charge on any atom is -0.478 e. The second-order valence-electron chi connectivity index (χ2n) is 3.46. The molecule has 0 aliphatic heterocycles. The number of hydrogen-bond acceptors (Lipinski definition) is 4. The molecule has 2 rings (SSSR count). The molecule has 94 valence electrons. The van der Waals surface area contributed by atoms with Gasteiger partial charge in [-0.05, 0) is 17.5 Å². The molecule has 0 atom stereocenters. The summed E-state index contributed by atoms with van der Waals surface area (Å²) in [5, 5.41) is 10.9. The maximum atomic E-state index is 10.9. The van der Waals surface area contributed by atoms with Crippen LogP contribution in [0.2, 0.25) is 5.02 Å². The van der Waals surface area contributed by atoms with Crippen LogP contribution < -0.4 is 4.74 Å². The van der Waals surface area contributed by atoms with Crippen LogP contribution in [0.4, 0.5) is 0 Å². The lowest BCUT2D eigenvalue weighted by atomic mass is 10.3. The molecule has 0 aliphatic carbocycles. The molecule has 0 saturated carbocycles. The summed E-state index contributed by atoms with van der Waals surface area (Å²) in [5.41, 5.74) is -0.00205. The Bertz CT molecular complexity index is 542. The van der Waals surface area contributed by atoms with E-state index in [2.05, 4.69) is 4.98 Å². The van der Waals surface area contributed by atoms with Gasteiger partial charge in [-0.2, -0.15) is 0 Å². The fraction of sp³-hybridized carbons (Fsp3) is 0.167. The van der Waals surface area contributed by atoms with Crippen LogP contribution in [-0.2, 0) is 6.42 Å². The quantitative estimate of drug-likeness (QED) is 0.916. The zero-order chi connectivity index (χ0) is 13.0. The maximum absolute atomic E-state index is 10.9. The molecule has 18 heavy (non-hydrogen) atoms. The number of hydrogen-bond donors (Lipinski definition) is 1.